The zero-order valence-corrected chi connectivity index (χ0v) is 13.0. The molecule has 0 saturated heterocycles. The predicted molar refractivity (Wildman–Crippen MR) is 78.8 cm³/mol. The molecule has 1 unspecified atom stereocenters. The molecule has 0 N–H and O–H groups in total. The Bertz CT molecular complexity index is 334. The summed E-state index contributed by atoms with van der Waals surface area (Å²) in [7, 11) is 0. The van der Waals surface area contributed by atoms with Crippen LogP contribution in [0.3, 0.4) is 0 Å². The third-order valence-electron chi connectivity index (χ3n) is 2.94. The first-order valence-corrected chi connectivity index (χ1v) is 7.91. The van der Waals surface area contributed by atoms with Gasteiger partial charge >= 0.3 is 0 Å². The molecule has 0 aliphatic heterocycles. The topological polar surface area (TPSA) is 0 Å². The summed E-state index contributed by atoms with van der Waals surface area (Å²) >= 11 is 5.60. The van der Waals surface area contributed by atoms with Crippen LogP contribution >= 0.6 is 27.7 Å². The summed E-state index contributed by atoms with van der Waals surface area (Å²) < 4.78 is 0. The van der Waals surface area contributed by atoms with Gasteiger partial charge in [0.25, 0.3) is 0 Å². The van der Waals surface area contributed by atoms with Gasteiger partial charge in [-0.25, -0.2) is 0 Å². The Labute approximate surface area is 112 Å². The van der Waals surface area contributed by atoms with E-state index in [2.05, 4.69) is 61.8 Å². The minimum absolute atomic E-state index is 0.747. The van der Waals surface area contributed by atoms with E-state index < -0.39 is 0 Å². The first-order chi connectivity index (χ1) is 7.54. The molecule has 1 aromatic rings. The fourth-order valence-electron chi connectivity index (χ4n) is 1.47. The van der Waals surface area contributed by atoms with Crippen LogP contribution in [-0.4, -0.2) is 11.1 Å². The molecule has 0 nitrogen and oxygen atoms in total. The van der Waals surface area contributed by atoms with Gasteiger partial charge in [0.2, 0.25) is 0 Å². The van der Waals surface area contributed by atoms with Gasteiger partial charge in [-0.15, -0.1) is 11.8 Å². The molecule has 1 rings (SSSR count). The van der Waals surface area contributed by atoms with Gasteiger partial charge in [-0.2, -0.15) is 0 Å². The van der Waals surface area contributed by atoms with Crippen LogP contribution in [0.25, 0.3) is 0 Å². The molecular formula is C14H21BrS. The molecule has 0 amide bonds. The molecule has 90 valence electrons. The van der Waals surface area contributed by atoms with Crippen molar-refractivity contribution in [3.63, 3.8) is 0 Å². The lowest BCUT2D eigenvalue weighted by atomic mass is 10.0. The molecule has 0 heterocycles. The van der Waals surface area contributed by atoms with E-state index >= 15 is 0 Å². The Morgan fingerprint density at radius 3 is 2.50 bits per heavy atom. The number of hydrogen-bond donors (Lipinski definition) is 0. The van der Waals surface area contributed by atoms with E-state index in [9.17, 15) is 0 Å². The average Bonchev–Trinajstić information content (AvgIpc) is 2.23. The summed E-state index contributed by atoms with van der Waals surface area (Å²) in [5.41, 5.74) is 2.75. The zero-order valence-electron chi connectivity index (χ0n) is 10.6. The number of halogens is 1. The third kappa shape index (κ3) is 4.14. The van der Waals surface area contributed by atoms with Crippen LogP contribution in [0.2, 0.25) is 0 Å². The quantitative estimate of drug-likeness (QED) is 0.541. The summed E-state index contributed by atoms with van der Waals surface area (Å²) in [6.45, 7) is 8.96. The molecule has 0 bridgehead atoms. The highest BCUT2D eigenvalue weighted by atomic mass is 79.9. The fraction of sp³-hybridized carbons (Fsp3) is 0.571. The zero-order chi connectivity index (χ0) is 12.1. The number of aryl methyl sites for hydroxylation is 2. The van der Waals surface area contributed by atoms with Crippen molar-refractivity contribution in [2.45, 2.75) is 32.6 Å². The molecule has 2 heteroatoms. The van der Waals surface area contributed by atoms with E-state index in [0.29, 0.717) is 0 Å². The standard InChI is InChI=1S/C14H21BrS/c1-10(2)13(8-15)9-16-14-7-11(3)5-6-12(14)4/h5-7,10,13H,8-9H2,1-4H3. The largest absolute Gasteiger partial charge is 0.126 e. The van der Waals surface area contributed by atoms with Crippen molar-refractivity contribution in [1.82, 2.24) is 0 Å². The van der Waals surface area contributed by atoms with Crippen LogP contribution in [0, 0.1) is 25.7 Å². The van der Waals surface area contributed by atoms with Crippen LogP contribution in [-0.2, 0) is 0 Å². The van der Waals surface area contributed by atoms with Gasteiger partial charge in [-0.05, 0) is 37.3 Å². The summed E-state index contributed by atoms with van der Waals surface area (Å²) in [6, 6.07) is 6.70. The van der Waals surface area contributed by atoms with Gasteiger partial charge in [0.1, 0.15) is 0 Å². The van der Waals surface area contributed by atoms with Crippen molar-refractivity contribution in [2.75, 3.05) is 11.1 Å². The molecule has 0 fully saturated rings. The third-order valence-corrected chi connectivity index (χ3v) is 5.11. The van der Waals surface area contributed by atoms with Crippen LogP contribution in [0.4, 0.5) is 0 Å². The van der Waals surface area contributed by atoms with Gasteiger partial charge < -0.3 is 0 Å². The number of rotatable bonds is 5. The highest BCUT2D eigenvalue weighted by molar-refractivity contribution is 9.09. The van der Waals surface area contributed by atoms with E-state index in [-0.39, 0.29) is 0 Å². The normalized spacial score (nSPS) is 13.1. The van der Waals surface area contributed by atoms with E-state index in [4.69, 9.17) is 0 Å². The lowest BCUT2D eigenvalue weighted by Crippen LogP contribution is -2.12. The van der Waals surface area contributed by atoms with Crippen LogP contribution in [0.5, 0.6) is 0 Å². The van der Waals surface area contributed by atoms with Crippen molar-refractivity contribution >= 4 is 27.7 Å². The highest BCUT2D eigenvalue weighted by Crippen LogP contribution is 2.28. The molecule has 0 saturated carbocycles. The Morgan fingerprint density at radius 1 is 1.25 bits per heavy atom. The number of hydrogen-bond acceptors (Lipinski definition) is 1. The minimum Gasteiger partial charge on any atom is -0.126 e. The number of thioether (sulfide) groups is 1. The van der Waals surface area contributed by atoms with Crippen molar-refractivity contribution < 1.29 is 0 Å². The van der Waals surface area contributed by atoms with Crippen molar-refractivity contribution in [3.05, 3.63) is 29.3 Å². The molecule has 1 aromatic carbocycles. The van der Waals surface area contributed by atoms with Crippen molar-refractivity contribution in [3.8, 4) is 0 Å². The van der Waals surface area contributed by atoms with Crippen molar-refractivity contribution in [1.29, 1.82) is 0 Å². The van der Waals surface area contributed by atoms with Crippen LogP contribution < -0.4 is 0 Å². The second-order valence-electron chi connectivity index (χ2n) is 4.74. The maximum Gasteiger partial charge on any atom is 0.0104 e. The van der Waals surface area contributed by atoms with Gasteiger partial charge in [0.05, 0.1) is 0 Å². The highest BCUT2D eigenvalue weighted by Gasteiger charge is 2.12. The second-order valence-corrected chi connectivity index (χ2v) is 6.45. The maximum absolute atomic E-state index is 3.61. The summed E-state index contributed by atoms with van der Waals surface area (Å²) in [5, 5.41) is 1.10. The Balaban J connectivity index is 2.63. The molecular weight excluding hydrogens is 280 g/mol. The average molecular weight is 301 g/mol. The monoisotopic (exact) mass is 300 g/mol. The van der Waals surface area contributed by atoms with Gasteiger partial charge in [-0.1, -0.05) is 47.5 Å². The number of benzene rings is 1. The maximum atomic E-state index is 3.61. The van der Waals surface area contributed by atoms with Crippen LogP contribution in [0.1, 0.15) is 25.0 Å². The lowest BCUT2D eigenvalue weighted by molar-refractivity contribution is 0.474. The number of alkyl halides is 1. The lowest BCUT2D eigenvalue weighted by Gasteiger charge is -2.18. The van der Waals surface area contributed by atoms with Crippen molar-refractivity contribution in [2.24, 2.45) is 11.8 Å². The molecule has 1 atom stereocenters. The van der Waals surface area contributed by atoms with Crippen LogP contribution in [0.15, 0.2) is 23.1 Å². The predicted octanol–water partition coefficient (Wildman–Crippen LogP) is 5.06. The Kier molecular flexibility index (Phi) is 5.91. The second kappa shape index (κ2) is 6.70. The van der Waals surface area contributed by atoms with E-state index in [0.717, 1.165) is 17.2 Å². The molecule has 0 aliphatic rings. The van der Waals surface area contributed by atoms with Gasteiger partial charge in [-0.3, -0.25) is 0 Å². The molecule has 0 spiro atoms. The summed E-state index contributed by atoms with van der Waals surface area (Å²) in [6.07, 6.45) is 0. The van der Waals surface area contributed by atoms with Gasteiger partial charge in [0, 0.05) is 16.0 Å². The molecule has 0 radical (unpaired) electrons. The van der Waals surface area contributed by atoms with E-state index in [1.807, 2.05) is 11.8 Å². The first kappa shape index (κ1) is 14.1. The van der Waals surface area contributed by atoms with Gasteiger partial charge in [0.15, 0.2) is 0 Å². The van der Waals surface area contributed by atoms with E-state index in [1.54, 1.807) is 0 Å². The molecule has 0 aromatic heterocycles. The Hall–Kier alpha value is 0.0500. The SMILES string of the molecule is Cc1ccc(C)c(SCC(CBr)C(C)C)c1. The molecule has 16 heavy (non-hydrogen) atoms. The smallest absolute Gasteiger partial charge is 0.0104 e. The van der Waals surface area contributed by atoms with E-state index in [1.165, 1.54) is 21.8 Å². The first-order valence-electron chi connectivity index (χ1n) is 5.80. The summed E-state index contributed by atoms with van der Waals surface area (Å²) in [4.78, 5) is 1.44. The summed E-state index contributed by atoms with van der Waals surface area (Å²) in [5.74, 6) is 2.70. The minimum atomic E-state index is 0.747. The molecule has 0 aliphatic carbocycles. The Morgan fingerprint density at radius 2 is 1.94 bits per heavy atom. The fourth-order valence-corrected chi connectivity index (χ4v) is 4.22.